The number of hydrogen-bond donors (Lipinski definition) is 0. The van der Waals surface area contributed by atoms with Gasteiger partial charge in [-0.05, 0) is 55.8 Å². The van der Waals surface area contributed by atoms with Crippen LogP contribution >= 0.6 is 11.8 Å². The Balaban J connectivity index is 2.26. The fourth-order valence-electron chi connectivity index (χ4n) is 2.10. The molecule has 0 spiro atoms. The maximum atomic E-state index is 12.1. The summed E-state index contributed by atoms with van der Waals surface area (Å²) in [5.74, 6) is 1.02. The van der Waals surface area contributed by atoms with Gasteiger partial charge in [0.25, 0.3) is 11.1 Å². The largest absolute Gasteiger partial charge is 0.493 e. The quantitative estimate of drug-likeness (QED) is 0.737. The van der Waals surface area contributed by atoms with Crippen LogP contribution in [0.2, 0.25) is 0 Å². The Morgan fingerprint density at radius 3 is 2.57 bits per heavy atom. The van der Waals surface area contributed by atoms with E-state index in [1.807, 2.05) is 19.1 Å². The van der Waals surface area contributed by atoms with Crippen molar-refractivity contribution in [2.75, 3.05) is 13.7 Å². The van der Waals surface area contributed by atoms with Crippen LogP contribution in [-0.4, -0.2) is 35.8 Å². The molecule has 1 aliphatic heterocycles. The molecule has 2 amide bonds. The van der Waals surface area contributed by atoms with Crippen molar-refractivity contribution in [3.8, 4) is 11.5 Å². The first-order valence-corrected chi connectivity index (χ1v) is 8.41. The Morgan fingerprint density at radius 2 is 2.00 bits per heavy atom. The molecule has 124 valence electrons. The Labute approximate surface area is 140 Å². The molecule has 1 fully saturated rings. The van der Waals surface area contributed by atoms with Crippen LogP contribution in [0.25, 0.3) is 6.08 Å². The van der Waals surface area contributed by atoms with Crippen LogP contribution in [0.1, 0.15) is 32.8 Å². The molecule has 0 saturated carbocycles. The lowest BCUT2D eigenvalue weighted by Crippen LogP contribution is -2.27. The molecule has 23 heavy (non-hydrogen) atoms. The van der Waals surface area contributed by atoms with Gasteiger partial charge in [0.2, 0.25) is 0 Å². The molecule has 1 atom stereocenters. The zero-order valence-electron chi connectivity index (χ0n) is 13.8. The van der Waals surface area contributed by atoms with E-state index in [1.165, 1.54) is 4.90 Å². The van der Waals surface area contributed by atoms with E-state index in [-0.39, 0.29) is 17.3 Å². The van der Waals surface area contributed by atoms with E-state index in [9.17, 15) is 9.59 Å². The van der Waals surface area contributed by atoms with Gasteiger partial charge < -0.3 is 9.47 Å². The second-order valence-corrected chi connectivity index (χ2v) is 6.17. The maximum absolute atomic E-state index is 12.1. The number of methoxy groups -OCH3 is 1. The topological polar surface area (TPSA) is 55.8 Å². The average molecular weight is 335 g/mol. The number of thioether (sulfide) groups is 1. The van der Waals surface area contributed by atoms with E-state index in [0.717, 1.165) is 23.7 Å². The maximum Gasteiger partial charge on any atom is 0.293 e. The second-order valence-electron chi connectivity index (χ2n) is 5.17. The summed E-state index contributed by atoms with van der Waals surface area (Å²) in [6.45, 7) is 6.21. The second kappa shape index (κ2) is 7.55. The van der Waals surface area contributed by atoms with Crippen LogP contribution in [0, 0.1) is 0 Å². The lowest BCUT2D eigenvalue weighted by atomic mass is 10.1. The molecule has 1 aromatic rings. The van der Waals surface area contributed by atoms with Gasteiger partial charge in [-0.3, -0.25) is 14.5 Å². The van der Waals surface area contributed by atoms with Gasteiger partial charge in [0.15, 0.2) is 11.5 Å². The normalized spacial score (nSPS) is 17.7. The highest BCUT2D eigenvalue weighted by Gasteiger charge is 2.33. The number of carbonyl (C=O) groups excluding carboxylic acids is 2. The first-order chi connectivity index (χ1) is 11.0. The molecule has 0 bridgehead atoms. The molecule has 1 aliphatic rings. The van der Waals surface area contributed by atoms with Crippen LogP contribution in [-0.2, 0) is 4.79 Å². The lowest BCUT2D eigenvalue weighted by Gasteiger charge is -2.15. The van der Waals surface area contributed by atoms with Crippen molar-refractivity contribution in [1.29, 1.82) is 0 Å². The lowest BCUT2D eigenvalue weighted by molar-refractivity contribution is -0.122. The predicted molar refractivity (Wildman–Crippen MR) is 91.7 cm³/mol. The van der Waals surface area contributed by atoms with Crippen LogP contribution < -0.4 is 9.47 Å². The first kappa shape index (κ1) is 17.4. The SMILES string of the molecule is CC[C@H](C)Oc1ccc(/C=C2\SC(=O)N(CC)C2=O)cc1OC. The Kier molecular flexibility index (Phi) is 5.71. The molecule has 0 N–H and O–H groups in total. The molecule has 0 unspecified atom stereocenters. The number of likely N-dealkylation sites (N-methyl/N-ethyl adjacent to an activating group) is 1. The van der Waals surface area contributed by atoms with Crippen molar-refractivity contribution in [2.24, 2.45) is 0 Å². The molecule has 1 heterocycles. The van der Waals surface area contributed by atoms with Gasteiger partial charge in [-0.15, -0.1) is 0 Å². The van der Waals surface area contributed by atoms with E-state index >= 15 is 0 Å². The minimum absolute atomic E-state index is 0.0933. The Morgan fingerprint density at radius 1 is 1.26 bits per heavy atom. The number of hydrogen-bond acceptors (Lipinski definition) is 5. The van der Waals surface area contributed by atoms with Crippen molar-refractivity contribution >= 4 is 29.0 Å². The molecule has 2 rings (SSSR count). The number of rotatable bonds is 6. The molecule has 0 aromatic heterocycles. The fraction of sp³-hybridized carbons (Fsp3) is 0.412. The summed E-state index contributed by atoms with van der Waals surface area (Å²) in [6, 6.07) is 5.47. The van der Waals surface area contributed by atoms with Gasteiger partial charge in [-0.1, -0.05) is 13.0 Å². The van der Waals surface area contributed by atoms with Crippen molar-refractivity contribution < 1.29 is 19.1 Å². The van der Waals surface area contributed by atoms with Gasteiger partial charge in [0.05, 0.1) is 18.1 Å². The van der Waals surface area contributed by atoms with E-state index in [0.29, 0.717) is 22.9 Å². The summed E-state index contributed by atoms with van der Waals surface area (Å²) in [5.41, 5.74) is 0.792. The summed E-state index contributed by atoms with van der Waals surface area (Å²) in [6.07, 6.45) is 2.70. The van der Waals surface area contributed by atoms with Crippen molar-refractivity contribution in [2.45, 2.75) is 33.3 Å². The zero-order chi connectivity index (χ0) is 17.0. The molecule has 1 aromatic carbocycles. The summed E-state index contributed by atoms with van der Waals surface area (Å²) >= 11 is 0.960. The van der Waals surface area contributed by atoms with E-state index in [2.05, 4.69) is 6.92 Å². The smallest absolute Gasteiger partial charge is 0.293 e. The third kappa shape index (κ3) is 3.88. The monoisotopic (exact) mass is 335 g/mol. The van der Waals surface area contributed by atoms with Gasteiger partial charge in [0.1, 0.15) is 0 Å². The van der Waals surface area contributed by atoms with Gasteiger partial charge in [0, 0.05) is 6.54 Å². The van der Waals surface area contributed by atoms with E-state index < -0.39 is 0 Å². The van der Waals surface area contributed by atoms with Gasteiger partial charge in [-0.2, -0.15) is 0 Å². The standard InChI is InChI=1S/C17H21NO4S/c1-5-11(3)22-13-8-7-12(9-14(13)21-4)10-15-16(19)18(6-2)17(20)23-15/h7-11H,5-6H2,1-4H3/b15-10-/t11-/m0/s1. The minimum Gasteiger partial charge on any atom is -0.493 e. The first-order valence-electron chi connectivity index (χ1n) is 7.60. The number of benzene rings is 1. The summed E-state index contributed by atoms with van der Waals surface area (Å²) in [5, 5.41) is -0.229. The summed E-state index contributed by atoms with van der Waals surface area (Å²) < 4.78 is 11.2. The van der Waals surface area contributed by atoms with Crippen molar-refractivity contribution in [3.63, 3.8) is 0 Å². The Hall–Kier alpha value is -1.95. The summed E-state index contributed by atoms with van der Waals surface area (Å²) in [4.78, 5) is 25.5. The fourth-order valence-corrected chi connectivity index (χ4v) is 3.00. The zero-order valence-corrected chi connectivity index (χ0v) is 14.6. The molecule has 6 heteroatoms. The third-order valence-corrected chi connectivity index (χ3v) is 4.49. The molecular weight excluding hydrogens is 314 g/mol. The number of carbonyl (C=O) groups is 2. The van der Waals surface area contributed by atoms with E-state index in [1.54, 1.807) is 26.2 Å². The minimum atomic E-state index is -0.249. The molecular formula is C17H21NO4S. The van der Waals surface area contributed by atoms with Crippen LogP contribution in [0.4, 0.5) is 4.79 Å². The van der Waals surface area contributed by atoms with Crippen molar-refractivity contribution in [1.82, 2.24) is 4.90 Å². The van der Waals surface area contributed by atoms with Crippen LogP contribution in [0.5, 0.6) is 11.5 Å². The highest BCUT2D eigenvalue weighted by Crippen LogP contribution is 2.34. The molecule has 0 radical (unpaired) electrons. The highest BCUT2D eigenvalue weighted by atomic mass is 32.2. The highest BCUT2D eigenvalue weighted by molar-refractivity contribution is 8.18. The number of nitrogens with zero attached hydrogens (tertiary/aromatic N) is 1. The van der Waals surface area contributed by atoms with Crippen molar-refractivity contribution in [3.05, 3.63) is 28.7 Å². The predicted octanol–water partition coefficient (Wildman–Crippen LogP) is 3.93. The third-order valence-electron chi connectivity index (χ3n) is 3.58. The van der Waals surface area contributed by atoms with Gasteiger partial charge in [-0.25, -0.2) is 0 Å². The number of ether oxygens (including phenoxy) is 2. The summed E-state index contributed by atoms with van der Waals surface area (Å²) in [7, 11) is 1.58. The number of amides is 2. The molecule has 1 saturated heterocycles. The average Bonchev–Trinajstić information content (AvgIpc) is 2.81. The van der Waals surface area contributed by atoms with Crippen LogP contribution in [0.3, 0.4) is 0 Å². The number of imide groups is 1. The Bertz CT molecular complexity index is 641. The van der Waals surface area contributed by atoms with Gasteiger partial charge >= 0.3 is 0 Å². The molecule has 0 aliphatic carbocycles. The van der Waals surface area contributed by atoms with E-state index in [4.69, 9.17) is 9.47 Å². The molecule has 5 nitrogen and oxygen atoms in total. The van der Waals surface area contributed by atoms with Crippen LogP contribution in [0.15, 0.2) is 23.1 Å².